The Morgan fingerprint density at radius 1 is 1.75 bits per heavy atom. The number of piperidine rings is 1. The lowest BCUT2D eigenvalue weighted by atomic mass is 10.0. The summed E-state index contributed by atoms with van der Waals surface area (Å²) in [5.74, 6) is 0. The van der Waals surface area contributed by atoms with Crippen LogP contribution in [-0.2, 0) is 4.74 Å². The molecular weight excluding hydrogens is 156 g/mol. The van der Waals surface area contributed by atoms with Crippen molar-refractivity contribution >= 4 is 6.09 Å². The minimum absolute atomic E-state index is 0.0891. The average Bonchev–Trinajstić information content (AvgIpc) is 2.40. The van der Waals surface area contributed by atoms with E-state index in [1.165, 1.54) is 0 Å². The molecule has 68 valence electrons. The number of ether oxygens (including phenoxy) is 1. The molecule has 4 heteroatoms. The zero-order valence-corrected chi connectivity index (χ0v) is 7.25. The predicted octanol–water partition coefficient (Wildman–Crippen LogP) is 0.189. The van der Waals surface area contributed by atoms with E-state index in [1.807, 2.05) is 11.8 Å². The molecule has 2 saturated heterocycles. The third-order valence-corrected chi connectivity index (χ3v) is 2.62. The van der Waals surface area contributed by atoms with Crippen molar-refractivity contribution < 1.29 is 9.53 Å². The highest BCUT2D eigenvalue weighted by Crippen LogP contribution is 2.23. The smallest absolute Gasteiger partial charge is 0.410 e. The van der Waals surface area contributed by atoms with Crippen LogP contribution in [0.4, 0.5) is 4.79 Å². The Bertz CT molecular complexity index is 195. The highest BCUT2D eigenvalue weighted by atomic mass is 16.6. The molecule has 2 rings (SSSR count). The van der Waals surface area contributed by atoms with E-state index in [2.05, 4.69) is 5.32 Å². The van der Waals surface area contributed by atoms with E-state index in [-0.39, 0.29) is 12.2 Å². The van der Waals surface area contributed by atoms with E-state index in [1.54, 1.807) is 0 Å². The SMILES string of the molecule is CCN1C(=O)OC2CNCCC21. The molecule has 2 unspecified atom stereocenters. The Labute approximate surface area is 71.9 Å². The van der Waals surface area contributed by atoms with Crippen LogP contribution in [0.1, 0.15) is 13.3 Å². The second-order valence-corrected chi connectivity index (χ2v) is 3.27. The zero-order chi connectivity index (χ0) is 8.55. The second kappa shape index (κ2) is 2.94. The van der Waals surface area contributed by atoms with Crippen molar-refractivity contribution in [1.29, 1.82) is 0 Å². The number of hydrogen-bond acceptors (Lipinski definition) is 3. The lowest BCUT2D eigenvalue weighted by Gasteiger charge is -2.27. The van der Waals surface area contributed by atoms with Crippen LogP contribution in [-0.4, -0.2) is 42.8 Å². The number of carbonyl (C=O) groups is 1. The van der Waals surface area contributed by atoms with E-state index < -0.39 is 0 Å². The van der Waals surface area contributed by atoms with Gasteiger partial charge in [0.2, 0.25) is 0 Å². The molecule has 0 saturated carbocycles. The summed E-state index contributed by atoms with van der Waals surface area (Å²) in [4.78, 5) is 13.1. The average molecular weight is 170 g/mol. The van der Waals surface area contributed by atoms with Gasteiger partial charge in [0.1, 0.15) is 6.10 Å². The summed E-state index contributed by atoms with van der Waals surface area (Å²) in [5.41, 5.74) is 0. The first-order valence-corrected chi connectivity index (χ1v) is 4.51. The third-order valence-electron chi connectivity index (χ3n) is 2.62. The molecule has 0 aromatic heterocycles. The molecule has 0 aliphatic carbocycles. The number of carbonyl (C=O) groups excluding carboxylic acids is 1. The van der Waals surface area contributed by atoms with Gasteiger partial charge in [-0.3, -0.25) is 0 Å². The maximum atomic E-state index is 11.2. The van der Waals surface area contributed by atoms with Crippen LogP contribution in [0.5, 0.6) is 0 Å². The summed E-state index contributed by atoms with van der Waals surface area (Å²) in [6.07, 6.45) is 0.965. The summed E-state index contributed by atoms with van der Waals surface area (Å²) in [5, 5.41) is 3.22. The van der Waals surface area contributed by atoms with Crippen LogP contribution in [0.2, 0.25) is 0 Å². The van der Waals surface area contributed by atoms with Crippen LogP contribution in [0.15, 0.2) is 0 Å². The van der Waals surface area contributed by atoms with Crippen LogP contribution in [0.25, 0.3) is 0 Å². The fourth-order valence-electron chi connectivity index (χ4n) is 1.99. The minimum Gasteiger partial charge on any atom is -0.443 e. The molecule has 2 fully saturated rings. The van der Waals surface area contributed by atoms with Crippen LogP contribution >= 0.6 is 0 Å². The third kappa shape index (κ3) is 1.06. The van der Waals surface area contributed by atoms with Gasteiger partial charge in [-0.25, -0.2) is 4.79 Å². The Balaban J connectivity index is 2.10. The van der Waals surface area contributed by atoms with Crippen molar-refractivity contribution in [2.75, 3.05) is 19.6 Å². The first-order chi connectivity index (χ1) is 5.83. The maximum absolute atomic E-state index is 11.2. The van der Waals surface area contributed by atoms with Crippen molar-refractivity contribution in [3.63, 3.8) is 0 Å². The lowest BCUT2D eigenvalue weighted by Crippen LogP contribution is -2.47. The van der Waals surface area contributed by atoms with Gasteiger partial charge in [0.15, 0.2) is 0 Å². The molecule has 2 heterocycles. The second-order valence-electron chi connectivity index (χ2n) is 3.27. The molecule has 2 aliphatic rings. The van der Waals surface area contributed by atoms with E-state index in [0.717, 1.165) is 26.1 Å². The molecule has 0 aromatic carbocycles. The Morgan fingerprint density at radius 2 is 2.58 bits per heavy atom. The van der Waals surface area contributed by atoms with Gasteiger partial charge in [-0.2, -0.15) is 0 Å². The van der Waals surface area contributed by atoms with Crippen LogP contribution < -0.4 is 5.32 Å². The summed E-state index contributed by atoms with van der Waals surface area (Å²) >= 11 is 0. The normalized spacial score (nSPS) is 34.8. The lowest BCUT2D eigenvalue weighted by molar-refractivity contribution is 0.121. The van der Waals surface area contributed by atoms with Crippen molar-refractivity contribution in [3.8, 4) is 0 Å². The van der Waals surface area contributed by atoms with E-state index in [0.29, 0.717) is 6.04 Å². The molecule has 4 nitrogen and oxygen atoms in total. The molecule has 2 aliphatic heterocycles. The molecule has 0 spiro atoms. The molecule has 12 heavy (non-hydrogen) atoms. The topological polar surface area (TPSA) is 41.6 Å². The monoisotopic (exact) mass is 170 g/mol. The summed E-state index contributed by atoms with van der Waals surface area (Å²) in [6.45, 7) is 4.56. The molecule has 1 N–H and O–H groups in total. The first kappa shape index (κ1) is 7.86. The number of rotatable bonds is 1. The number of likely N-dealkylation sites (N-methyl/N-ethyl adjacent to an activating group) is 1. The number of hydrogen-bond donors (Lipinski definition) is 1. The predicted molar refractivity (Wildman–Crippen MR) is 43.9 cm³/mol. The Morgan fingerprint density at radius 3 is 3.33 bits per heavy atom. The van der Waals surface area contributed by atoms with Crippen LogP contribution in [0.3, 0.4) is 0 Å². The Kier molecular flexibility index (Phi) is 1.92. The summed E-state index contributed by atoms with van der Waals surface area (Å²) in [7, 11) is 0. The maximum Gasteiger partial charge on any atom is 0.410 e. The van der Waals surface area contributed by atoms with Crippen molar-refractivity contribution in [2.24, 2.45) is 0 Å². The van der Waals surface area contributed by atoms with Gasteiger partial charge in [-0.1, -0.05) is 0 Å². The van der Waals surface area contributed by atoms with Crippen LogP contribution in [0, 0.1) is 0 Å². The zero-order valence-electron chi connectivity index (χ0n) is 7.25. The quantitative estimate of drug-likeness (QED) is 0.610. The number of fused-ring (bicyclic) bond motifs is 1. The molecular formula is C8H14N2O2. The van der Waals surface area contributed by atoms with E-state index in [4.69, 9.17) is 4.74 Å². The molecule has 1 amide bonds. The summed E-state index contributed by atoms with van der Waals surface area (Å²) < 4.78 is 5.19. The Hall–Kier alpha value is -0.770. The van der Waals surface area contributed by atoms with Gasteiger partial charge in [0, 0.05) is 13.1 Å². The highest BCUT2D eigenvalue weighted by molar-refractivity contribution is 5.70. The fourth-order valence-corrected chi connectivity index (χ4v) is 1.99. The molecule has 0 aromatic rings. The van der Waals surface area contributed by atoms with Gasteiger partial charge in [-0.05, 0) is 19.9 Å². The van der Waals surface area contributed by atoms with E-state index in [9.17, 15) is 4.79 Å². The molecule has 2 atom stereocenters. The van der Waals surface area contributed by atoms with Gasteiger partial charge >= 0.3 is 6.09 Å². The highest BCUT2D eigenvalue weighted by Gasteiger charge is 2.41. The number of nitrogens with one attached hydrogen (secondary N) is 1. The molecule has 0 radical (unpaired) electrons. The van der Waals surface area contributed by atoms with Gasteiger partial charge < -0.3 is 15.0 Å². The standard InChI is InChI=1S/C8H14N2O2/c1-2-10-6-3-4-9-5-7(6)12-8(10)11/h6-7,9H,2-5H2,1H3. The largest absolute Gasteiger partial charge is 0.443 e. The fraction of sp³-hybridized carbons (Fsp3) is 0.875. The summed E-state index contributed by atoms with van der Waals surface area (Å²) in [6, 6.07) is 0.323. The van der Waals surface area contributed by atoms with Gasteiger partial charge in [-0.15, -0.1) is 0 Å². The van der Waals surface area contributed by atoms with Gasteiger partial charge in [0.05, 0.1) is 6.04 Å². The molecule has 0 bridgehead atoms. The first-order valence-electron chi connectivity index (χ1n) is 4.51. The van der Waals surface area contributed by atoms with Crippen molar-refractivity contribution in [1.82, 2.24) is 10.2 Å². The van der Waals surface area contributed by atoms with Crippen molar-refractivity contribution in [3.05, 3.63) is 0 Å². The number of nitrogens with zero attached hydrogens (tertiary/aromatic N) is 1. The number of amides is 1. The van der Waals surface area contributed by atoms with Crippen molar-refractivity contribution in [2.45, 2.75) is 25.5 Å². The van der Waals surface area contributed by atoms with Gasteiger partial charge in [0.25, 0.3) is 0 Å². The van der Waals surface area contributed by atoms with E-state index >= 15 is 0 Å². The minimum atomic E-state index is -0.142.